The first-order valence-corrected chi connectivity index (χ1v) is 7.08. The summed E-state index contributed by atoms with van der Waals surface area (Å²) in [6, 6.07) is 0. The summed E-state index contributed by atoms with van der Waals surface area (Å²) in [4.78, 5) is 0. The molecule has 1 heteroatoms. The van der Waals surface area contributed by atoms with Gasteiger partial charge in [0.25, 0.3) is 0 Å². The highest BCUT2D eigenvalue weighted by Gasteiger charge is 2.37. The fourth-order valence-electron chi connectivity index (χ4n) is 2.03. The van der Waals surface area contributed by atoms with Crippen LogP contribution in [0.25, 0.3) is 0 Å². The van der Waals surface area contributed by atoms with Crippen molar-refractivity contribution in [2.45, 2.75) is 60.9 Å². The molecule has 0 saturated carbocycles. The van der Waals surface area contributed by atoms with Crippen molar-refractivity contribution in [2.24, 2.45) is 22.5 Å². The molecule has 0 rings (SSSR count). The van der Waals surface area contributed by atoms with Gasteiger partial charge in [0.2, 0.25) is 0 Å². The highest BCUT2D eigenvalue weighted by atomic mass is 14.7. The van der Waals surface area contributed by atoms with Crippen molar-refractivity contribution in [1.29, 1.82) is 0 Å². The van der Waals surface area contributed by atoms with Gasteiger partial charge in [0.05, 0.1) is 0 Å². The Kier molecular flexibility index (Phi) is 5.42. The average Bonchev–Trinajstić information content (AvgIpc) is 2.26. The third kappa shape index (κ3) is 3.60. The van der Waals surface area contributed by atoms with Crippen LogP contribution < -0.4 is 5.73 Å². The average molecular weight is 263 g/mol. The second kappa shape index (κ2) is 5.66. The van der Waals surface area contributed by atoms with Crippen LogP contribution in [0.15, 0.2) is 36.5 Å². The third-order valence-electron chi connectivity index (χ3n) is 5.40. The van der Waals surface area contributed by atoms with E-state index in [4.69, 9.17) is 5.73 Å². The molecule has 2 N–H and O–H groups in total. The second-order valence-corrected chi connectivity index (χ2v) is 7.26. The van der Waals surface area contributed by atoms with Gasteiger partial charge in [0.1, 0.15) is 0 Å². The first kappa shape index (κ1) is 18.2. The molecule has 19 heavy (non-hydrogen) atoms. The molecule has 0 heterocycles. The van der Waals surface area contributed by atoms with Crippen molar-refractivity contribution >= 4 is 0 Å². The zero-order valence-electron chi connectivity index (χ0n) is 14.2. The monoisotopic (exact) mass is 263 g/mol. The van der Waals surface area contributed by atoms with E-state index < -0.39 is 0 Å². The summed E-state index contributed by atoms with van der Waals surface area (Å²) < 4.78 is 0. The molecule has 0 aliphatic heterocycles. The van der Waals surface area contributed by atoms with Gasteiger partial charge in [-0.2, -0.15) is 0 Å². The lowest BCUT2D eigenvalue weighted by atomic mass is 9.63. The molecule has 0 aliphatic rings. The van der Waals surface area contributed by atoms with E-state index in [-0.39, 0.29) is 22.3 Å². The maximum Gasteiger partial charge on any atom is 0.0398 e. The molecule has 0 aromatic carbocycles. The minimum Gasteiger partial charge on any atom is -0.321 e. The molecule has 0 spiro atoms. The molecule has 0 amide bonds. The minimum atomic E-state index is -0.357. The quantitative estimate of drug-likeness (QED) is 0.663. The van der Waals surface area contributed by atoms with Crippen LogP contribution in [0.3, 0.4) is 0 Å². The molecule has 0 aromatic heterocycles. The predicted molar refractivity (Wildman–Crippen MR) is 88.1 cm³/mol. The summed E-state index contributed by atoms with van der Waals surface area (Å²) in [5.74, 6) is 0.243. The second-order valence-electron chi connectivity index (χ2n) is 7.26. The van der Waals surface area contributed by atoms with Crippen molar-refractivity contribution < 1.29 is 0 Å². The van der Waals surface area contributed by atoms with Crippen molar-refractivity contribution in [1.82, 2.24) is 0 Å². The summed E-state index contributed by atoms with van der Waals surface area (Å²) in [5.41, 5.74) is 8.56. The molecule has 0 radical (unpaired) electrons. The van der Waals surface area contributed by atoms with E-state index in [1.807, 2.05) is 6.08 Å². The van der Waals surface area contributed by atoms with Gasteiger partial charge in [0.15, 0.2) is 0 Å². The van der Waals surface area contributed by atoms with Gasteiger partial charge in [-0.25, -0.2) is 0 Å². The lowest BCUT2D eigenvalue weighted by Gasteiger charge is -2.42. The van der Waals surface area contributed by atoms with Gasteiger partial charge < -0.3 is 5.73 Å². The smallest absolute Gasteiger partial charge is 0.0398 e. The van der Waals surface area contributed by atoms with Crippen molar-refractivity contribution in [3.63, 3.8) is 0 Å². The number of allylic oxidation sites excluding steroid dienone is 2. The lowest BCUT2D eigenvalue weighted by molar-refractivity contribution is 0.212. The van der Waals surface area contributed by atoms with Crippen LogP contribution in [0.4, 0.5) is 0 Å². The minimum absolute atomic E-state index is 0.00440. The molecule has 0 saturated heterocycles. The normalized spacial score (nSPS) is 18.7. The molecular formula is C18H33N. The highest BCUT2D eigenvalue weighted by molar-refractivity contribution is 5.25. The van der Waals surface area contributed by atoms with Crippen LogP contribution in [0.5, 0.6) is 0 Å². The SMILES string of the molecule is C=CC(C)C(C)(N)/C(C)=C/C(C)(C)C(C)(C)C(=C)C. The number of hydrogen-bond donors (Lipinski definition) is 1. The van der Waals surface area contributed by atoms with Crippen molar-refractivity contribution in [3.05, 3.63) is 36.5 Å². The Morgan fingerprint density at radius 2 is 1.53 bits per heavy atom. The van der Waals surface area contributed by atoms with E-state index in [1.165, 1.54) is 11.1 Å². The Bertz CT molecular complexity index is 380. The van der Waals surface area contributed by atoms with Gasteiger partial charge in [0, 0.05) is 5.54 Å². The zero-order valence-corrected chi connectivity index (χ0v) is 14.2. The molecule has 2 atom stereocenters. The number of hydrogen-bond acceptors (Lipinski definition) is 1. The van der Waals surface area contributed by atoms with Gasteiger partial charge >= 0.3 is 0 Å². The van der Waals surface area contributed by atoms with Gasteiger partial charge in [-0.1, -0.05) is 64.5 Å². The van der Waals surface area contributed by atoms with Crippen molar-refractivity contribution in [2.75, 3.05) is 0 Å². The van der Waals surface area contributed by atoms with Gasteiger partial charge in [-0.3, -0.25) is 0 Å². The largest absolute Gasteiger partial charge is 0.321 e. The standard InChI is InChI=1S/C18H33N/c1-11-14(4)18(10,19)15(5)12-16(6,7)17(8,9)13(2)3/h11-12,14H,1-2,19H2,3-10H3/b15-12+. The van der Waals surface area contributed by atoms with Crippen LogP contribution in [-0.4, -0.2) is 5.54 Å². The molecule has 110 valence electrons. The third-order valence-corrected chi connectivity index (χ3v) is 5.40. The topological polar surface area (TPSA) is 26.0 Å². The summed E-state index contributed by atoms with van der Waals surface area (Å²) >= 11 is 0. The van der Waals surface area contributed by atoms with Gasteiger partial charge in [-0.15, -0.1) is 6.58 Å². The lowest BCUT2D eigenvalue weighted by Crippen LogP contribution is -2.44. The fraction of sp³-hybridized carbons (Fsp3) is 0.667. The van der Waals surface area contributed by atoms with Crippen LogP contribution in [0, 0.1) is 16.7 Å². The van der Waals surface area contributed by atoms with Gasteiger partial charge in [-0.05, 0) is 37.5 Å². The summed E-state index contributed by atoms with van der Waals surface area (Å²) in [6.07, 6.45) is 4.23. The van der Waals surface area contributed by atoms with Crippen LogP contribution in [-0.2, 0) is 0 Å². The first-order valence-electron chi connectivity index (χ1n) is 7.08. The summed E-state index contributed by atoms with van der Waals surface area (Å²) in [7, 11) is 0. The summed E-state index contributed by atoms with van der Waals surface area (Å²) in [5, 5.41) is 0. The van der Waals surface area contributed by atoms with Crippen LogP contribution in [0.1, 0.15) is 55.4 Å². The Hall–Kier alpha value is -0.820. The molecular weight excluding hydrogens is 230 g/mol. The highest BCUT2D eigenvalue weighted by Crippen LogP contribution is 2.46. The van der Waals surface area contributed by atoms with E-state index in [0.29, 0.717) is 0 Å². The van der Waals surface area contributed by atoms with E-state index in [2.05, 4.69) is 74.6 Å². The Morgan fingerprint density at radius 3 is 1.84 bits per heavy atom. The number of nitrogens with two attached hydrogens (primary N) is 1. The molecule has 0 aliphatic carbocycles. The molecule has 1 nitrogen and oxygen atoms in total. The van der Waals surface area contributed by atoms with E-state index in [0.717, 1.165) is 0 Å². The molecule has 2 unspecified atom stereocenters. The maximum atomic E-state index is 6.48. The molecule has 0 fully saturated rings. The summed E-state index contributed by atoms with van der Waals surface area (Å²) in [6.45, 7) is 25.4. The fourth-order valence-corrected chi connectivity index (χ4v) is 2.03. The van der Waals surface area contributed by atoms with Crippen molar-refractivity contribution in [3.8, 4) is 0 Å². The maximum absolute atomic E-state index is 6.48. The van der Waals surface area contributed by atoms with Crippen LogP contribution >= 0.6 is 0 Å². The Balaban J connectivity index is 5.57. The number of rotatable bonds is 6. The first-order chi connectivity index (χ1) is 8.30. The Labute approximate surface area is 120 Å². The van der Waals surface area contributed by atoms with E-state index in [9.17, 15) is 0 Å². The van der Waals surface area contributed by atoms with E-state index in [1.54, 1.807) is 0 Å². The Morgan fingerprint density at radius 1 is 1.11 bits per heavy atom. The zero-order chi connectivity index (χ0) is 15.6. The molecule has 0 bridgehead atoms. The predicted octanol–water partition coefficient (Wildman–Crippen LogP) is 5.10. The molecule has 0 aromatic rings. The van der Waals surface area contributed by atoms with Crippen LogP contribution in [0.2, 0.25) is 0 Å². The van der Waals surface area contributed by atoms with E-state index >= 15 is 0 Å².